The molecule has 2 N–H and O–H groups in total. The van der Waals surface area contributed by atoms with Gasteiger partial charge in [0.2, 0.25) is 5.88 Å². The van der Waals surface area contributed by atoms with Gasteiger partial charge in [-0.1, -0.05) is 0 Å². The monoisotopic (exact) mass is 258 g/mol. The number of aromatic nitrogens is 2. The first-order chi connectivity index (χ1) is 9.01. The molecular weight excluding hydrogens is 240 g/mol. The molecule has 0 fully saturated rings. The van der Waals surface area contributed by atoms with Crippen molar-refractivity contribution in [1.29, 1.82) is 5.41 Å². The molecule has 0 aliphatic rings. The van der Waals surface area contributed by atoms with Crippen molar-refractivity contribution in [3.05, 3.63) is 35.0 Å². The molecule has 100 valence electrons. The molecule has 0 unspecified atom stereocenters. The van der Waals surface area contributed by atoms with Gasteiger partial charge in [-0.2, -0.15) is 5.10 Å². The van der Waals surface area contributed by atoms with E-state index in [1.165, 1.54) is 6.34 Å². The third-order valence-corrected chi connectivity index (χ3v) is 2.92. The Morgan fingerprint density at radius 1 is 1.21 bits per heavy atom. The van der Waals surface area contributed by atoms with Gasteiger partial charge in [-0.3, -0.25) is 5.41 Å². The van der Waals surface area contributed by atoms with Crippen molar-refractivity contribution in [2.45, 2.75) is 20.8 Å². The number of hydrogen-bond donors (Lipinski definition) is 2. The summed E-state index contributed by atoms with van der Waals surface area (Å²) in [6.07, 6.45) is 1.17. The summed E-state index contributed by atoms with van der Waals surface area (Å²) in [4.78, 5) is 0. The van der Waals surface area contributed by atoms with Gasteiger partial charge in [-0.15, -0.1) is 0 Å². The van der Waals surface area contributed by atoms with Crippen LogP contribution in [0.15, 0.2) is 18.2 Å². The van der Waals surface area contributed by atoms with Crippen LogP contribution in [0.1, 0.15) is 16.8 Å². The van der Waals surface area contributed by atoms with Crippen molar-refractivity contribution in [1.82, 2.24) is 9.78 Å². The fourth-order valence-corrected chi connectivity index (χ4v) is 1.93. The Hall–Kier alpha value is -2.30. The zero-order valence-electron chi connectivity index (χ0n) is 11.6. The molecule has 0 aliphatic carbocycles. The minimum atomic E-state index is 0.716. The van der Waals surface area contributed by atoms with Crippen LogP contribution in [0.4, 0.5) is 5.69 Å². The second kappa shape index (κ2) is 5.14. The standard InChI is InChI=1S/C14H18N4O/c1-9-6-13(10(2)5-12(9)16-8-15)19-14-7-11(3)17-18(14)4/h5-8H,1-4H3,(H2,15,16). The minimum Gasteiger partial charge on any atom is -0.439 e. The molecule has 19 heavy (non-hydrogen) atoms. The molecule has 2 rings (SSSR count). The van der Waals surface area contributed by atoms with E-state index < -0.39 is 0 Å². The highest BCUT2D eigenvalue weighted by atomic mass is 16.5. The lowest BCUT2D eigenvalue weighted by Gasteiger charge is -2.12. The summed E-state index contributed by atoms with van der Waals surface area (Å²) in [6, 6.07) is 5.83. The van der Waals surface area contributed by atoms with Gasteiger partial charge < -0.3 is 10.1 Å². The molecule has 1 heterocycles. The van der Waals surface area contributed by atoms with Gasteiger partial charge in [0.05, 0.1) is 12.0 Å². The number of hydrogen-bond acceptors (Lipinski definition) is 3. The average molecular weight is 258 g/mol. The van der Waals surface area contributed by atoms with Gasteiger partial charge in [-0.25, -0.2) is 4.68 Å². The lowest BCUT2D eigenvalue weighted by Crippen LogP contribution is -2.00. The smallest absolute Gasteiger partial charge is 0.217 e. The Balaban J connectivity index is 2.33. The zero-order chi connectivity index (χ0) is 14.0. The summed E-state index contributed by atoms with van der Waals surface area (Å²) < 4.78 is 7.61. The molecule has 0 saturated carbocycles. The quantitative estimate of drug-likeness (QED) is 0.654. The van der Waals surface area contributed by atoms with Crippen LogP contribution in [0, 0.1) is 26.2 Å². The van der Waals surface area contributed by atoms with E-state index in [-0.39, 0.29) is 0 Å². The topological polar surface area (TPSA) is 62.9 Å². The van der Waals surface area contributed by atoms with E-state index in [1.54, 1.807) is 4.68 Å². The lowest BCUT2D eigenvalue weighted by molar-refractivity contribution is 0.427. The van der Waals surface area contributed by atoms with Crippen LogP contribution in [0.5, 0.6) is 11.6 Å². The highest BCUT2D eigenvalue weighted by Gasteiger charge is 2.09. The van der Waals surface area contributed by atoms with E-state index >= 15 is 0 Å². The summed E-state index contributed by atoms with van der Waals surface area (Å²) in [5, 5.41) is 14.2. The van der Waals surface area contributed by atoms with E-state index in [0.717, 1.165) is 28.3 Å². The molecule has 0 radical (unpaired) electrons. The van der Waals surface area contributed by atoms with E-state index in [9.17, 15) is 0 Å². The molecule has 5 heteroatoms. The van der Waals surface area contributed by atoms with Crippen molar-refractivity contribution < 1.29 is 4.74 Å². The predicted octanol–water partition coefficient (Wildman–Crippen LogP) is 3.16. The number of nitrogens with zero attached hydrogens (tertiary/aromatic N) is 2. The summed E-state index contributed by atoms with van der Waals surface area (Å²) >= 11 is 0. The first-order valence-corrected chi connectivity index (χ1v) is 6.06. The first-order valence-electron chi connectivity index (χ1n) is 6.06. The van der Waals surface area contributed by atoms with Crippen LogP contribution in [-0.4, -0.2) is 16.1 Å². The summed E-state index contributed by atoms with van der Waals surface area (Å²) in [7, 11) is 1.86. The molecule has 0 aliphatic heterocycles. The lowest BCUT2D eigenvalue weighted by atomic mass is 10.1. The predicted molar refractivity (Wildman–Crippen MR) is 76.3 cm³/mol. The van der Waals surface area contributed by atoms with Gasteiger partial charge in [0.25, 0.3) is 0 Å². The fraction of sp³-hybridized carbons (Fsp3) is 0.286. The van der Waals surface area contributed by atoms with Crippen LogP contribution in [-0.2, 0) is 7.05 Å². The van der Waals surface area contributed by atoms with Gasteiger partial charge in [-0.05, 0) is 44.0 Å². The van der Waals surface area contributed by atoms with Crippen molar-refractivity contribution >= 4 is 12.0 Å². The fourth-order valence-electron chi connectivity index (χ4n) is 1.93. The Kier molecular flexibility index (Phi) is 3.55. The van der Waals surface area contributed by atoms with Gasteiger partial charge in [0.1, 0.15) is 5.75 Å². The van der Waals surface area contributed by atoms with E-state index in [4.69, 9.17) is 10.1 Å². The second-order valence-electron chi connectivity index (χ2n) is 4.57. The van der Waals surface area contributed by atoms with Gasteiger partial charge >= 0.3 is 0 Å². The Morgan fingerprint density at radius 3 is 2.53 bits per heavy atom. The molecule has 2 aromatic rings. The highest BCUT2D eigenvalue weighted by Crippen LogP contribution is 2.30. The number of nitrogens with one attached hydrogen (secondary N) is 2. The third-order valence-electron chi connectivity index (χ3n) is 2.92. The van der Waals surface area contributed by atoms with Crippen molar-refractivity contribution in [3.63, 3.8) is 0 Å². The number of rotatable bonds is 4. The van der Waals surface area contributed by atoms with Crippen LogP contribution in [0.25, 0.3) is 0 Å². The maximum Gasteiger partial charge on any atom is 0.217 e. The van der Waals surface area contributed by atoms with Crippen molar-refractivity contribution in [2.24, 2.45) is 7.05 Å². The maximum atomic E-state index is 7.09. The minimum absolute atomic E-state index is 0.716. The normalized spacial score (nSPS) is 10.3. The molecule has 0 atom stereocenters. The van der Waals surface area contributed by atoms with E-state index in [2.05, 4.69) is 10.4 Å². The van der Waals surface area contributed by atoms with Crippen LogP contribution in [0.2, 0.25) is 0 Å². The van der Waals surface area contributed by atoms with Crippen molar-refractivity contribution in [3.8, 4) is 11.6 Å². The van der Waals surface area contributed by atoms with Crippen LogP contribution >= 0.6 is 0 Å². The SMILES string of the molecule is Cc1cc(Oc2cc(C)c(NC=N)cc2C)n(C)n1. The van der Waals surface area contributed by atoms with Crippen LogP contribution < -0.4 is 10.1 Å². The molecule has 0 saturated heterocycles. The van der Waals surface area contributed by atoms with E-state index in [0.29, 0.717) is 5.88 Å². The summed E-state index contributed by atoms with van der Waals surface area (Å²) in [5.74, 6) is 1.52. The summed E-state index contributed by atoms with van der Waals surface area (Å²) in [5.41, 5.74) is 3.88. The largest absolute Gasteiger partial charge is 0.439 e. The van der Waals surface area contributed by atoms with Crippen molar-refractivity contribution in [2.75, 3.05) is 5.32 Å². The molecule has 1 aromatic carbocycles. The molecule has 0 amide bonds. The number of ether oxygens (including phenoxy) is 1. The van der Waals surface area contributed by atoms with Gasteiger partial charge in [0.15, 0.2) is 0 Å². The Labute approximate surface area is 112 Å². The van der Waals surface area contributed by atoms with Gasteiger partial charge in [0, 0.05) is 18.8 Å². The van der Waals surface area contributed by atoms with Crippen LogP contribution in [0.3, 0.4) is 0 Å². The first kappa shape index (κ1) is 13.1. The molecule has 0 spiro atoms. The third kappa shape index (κ3) is 2.76. The number of aryl methyl sites for hydroxylation is 4. The average Bonchev–Trinajstić information content (AvgIpc) is 2.64. The Morgan fingerprint density at radius 2 is 1.95 bits per heavy atom. The number of benzene rings is 1. The molecular formula is C14H18N4O. The Bertz CT molecular complexity index is 616. The number of anilines is 1. The maximum absolute atomic E-state index is 7.09. The summed E-state index contributed by atoms with van der Waals surface area (Å²) in [6.45, 7) is 5.89. The zero-order valence-corrected chi connectivity index (χ0v) is 11.6. The molecule has 1 aromatic heterocycles. The highest BCUT2D eigenvalue weighted by molar-refractivity contribution is 5.76. The molecule has 0 bridgehead atoms. The molecule has 5 nitrogen and oxygen atoms in total. The van der Waals surface area contributed by atoms with E-state index in [1.807, 2.05) is 46.0 Å². The second-order valence-corrected chi connectivity index (χ2v) is 4.57.